The van der Waals surface area contributed by atoms with Gasteiger partial charge in [-0.1, -0.05) is 0 Å². The Balaban J connectivity index is 2.45. The maximum Gasteiger partial charge on any atom is 0.345 e. The van der Waals surface area contributed by atoms with Crippen LogP contribution in [-0.2, 0) is 4.74 Å². The lowest BCUT2D eigenvalue weighted by atomic mass is 10.2. The lowest BCUT2D eigenvalue weighted by Crippen LogP contribution is -2.20. The summed E-state index contributed by atoms with van der Waals surface area (Å²) in [7, 11) is 1.21. The molecule has 0 atom stereocenters. The topological polar surface area (TPSA) is 84.9 Å². The van der Waals surface area contributed by atoms with Gasteiger partial charge in [0.05, 0.1) is 7.11 Å². The van der Waals surface area contributed by atoms with Crippen molar-refractivity contribution in [2.75, 3.05) is 7.11 Å². The molecule has 6 nitrogen and oxygen atoms in total. The Bertz CT molecular complexity index is 592. The molecule has 17 heavy (non-hydrogen) atoms. The fourth-order valence-corrected chi connectivity index (χ4v) is 1.30. The van der Waals surface area contributed by atoms with Crippen LogP contribution in [-0.4, -0.2) is 28.0 Å². The Morgan fingerprint density at radius 3 is 2.82 bits per heavy atom. The number of pyridine rings is 1. The van der Waals surface area contributed by atoms with Gasteiger partial charge in [-0.15, -0.1) is 0 Å². The molecule has 0 aliphatic heterocycles. The number of hydrogen-bond donors (Lipinski definition) is 1. The van der Waals surface area contributed by atoms with Crippen molar-refractivity contribution < 1.29 is 9.53 Å². The number of esters is 1. The molecule has 0 bridgehead atoms. The zero-order valence-corrected chi connectivity index (χ0v) is 9.01. The number of aromatic nitrogens is 3. The highest BCUT2D eigenvalue weighted by Gasteiger charge is 2.12. The summed E-state index contributed by atoms with van der Waals surface area (Å²) in [5.41, 5.74) is 0.00635. The first-order chi connectivity index (χ1) is 8.22. The monoisotopic (exact) mass is 231 g/mol. The van der Waals surface area contributed by atoms with E-state index in [4.69, 9.17) is 0 Å². The summed E-state index contributed by atoms with van der Waals surface area (Å²) in [6, 6.07) is 3.48. The van der Waals surface area contributed by atoms with Crippen molar-refractivity contribution >= 4 is 5.97 Å². The Morgan fingerprint density at radius 1 is 1.41 bits per heavy atom. The SMILES string of the molecule is COC(=O)c1cnc(-c2cccnc2)[nH]c1=O. The fourth-order valence-electron chi connectivity index (χ4n) is 1.30. The molecule has 6 heteroatoms. The van der Waals surface area contributed by atoms with E-state index in [1.54, 1.807) is 24.5 Å². The minimum atomic E-state index is -0.712. The zero-order valence-electron chi connectivity index (χ0n) is 9.01. The first-order valence-electron chi connectivity index (χ1n) is 4.80. The van der Waals surface area contributed by atoms with E-state index in [2.05, 4.69) is 19.7 Å². The van der Waals surface area contributed by atoms with Crippen LogP contribution in [0, 0.1) is 0 Å². The third kappa shape index (κ3) is 2.20. The molecule has 2 heterocycles. The number of methoxy groups -OCH3 is 1. The van der Waals surface area contributed by atoms with E-state index >= 15 is 0 Å². The van der Waals surface area contributed by atoms with Crippen molar-refractivity contribution in [3.63, 3.8) is 0 Å². The van der Waals surface area contributed by atoms with Crippen molar-refractivity contribution in [3.8, 4) is 11.4 Å². The smallest absolute Gasteiger partial charge is 0.345 e. The highest BCUT2D eigenvalue weighted by Crippen LogP contribution is 2.10. The summed E-state index contributed by atoms with van der Waals surface area (Å²) in [6.45, 7) is 0. The normalized spacial score (nSPS) is 9.94. The molecule has 0 aliphatic rings. The highest BCUT2D eigenvalue weighted by atomic mass is 16.5. The molecule has 0 fully saturated rings. The van der Waals surface area contributed by atoms with Gasteiger partial charge in [-0.25, -0.2) is 9.78 Å². The largest absolute Gasteiger partial charge is 0.465 e. The first-order valence-corrected chi connectivity index (χ1v) is 4.80. The quantitative estimate of drug-likeness (QED) is 0.766. The molecular weight excluding hydrogens is 222 g/mol. The molecule has 0 spiro atoms. The van der Waals surface area contributed by atoms with Crippen molar-refractivity contribution in [1.29, 1.82) is 0 Å². The fraction of sp³-hybridized carbons (Fsp3) is 0.0909. The van der Waals surface area contributed by atoms with Gasteiger partial charge in [0.15, 0.2) is 0 Å². The van der Waals surface area contributed by atoms with E-state index in [0.717, 1.165) is 0 Å². The second kappa shape index (κ2) is 4.56. The van der Waals surface area contributed by atoms with Gasteiger partial charge >= 0.3 is 5.97 Å². The van der Waals surface area contributed by atoms with Crippen LogP contribution >= 0.6 is 0 Å². The molecule has 0 aliphatic carbocycles. The van der Waals surface area contributed by atoms with E-state index in [0.29, 0.717) is 11.4 Å². The van der Waals surface area contributed by atoms with E-state index in [1.807, 2.05) is 0 Å². The molecule has 0 saturated heterocycles. The molecule has 0 radical (unpaired) electrons. The van der Waals surface area contributed by atoms with E-state index in [9.17, 15) is 9.59 Å². The standard InChI is InChI=1S/C11H9N3O3/c1-17-11(16)8-6-13-9(14-10(8)15)7-3-2-4-12-5-7/h2-6H,1H3,(H,13,14,15). The molecule has 2 aromatic heterocycles. The van der Waals surface area contributed by atoms with Gasteiger partial charge in [-0.05, 0) is 12.1 Å². The Hall–Kier alpha value is -2.50. The maximum absolute atomic E-state index is 11.6. The van der Waals surface area contributed by atoms with Gasteiger partial charge in [-0.3, -0.25) is 9.78 Å². The Labute approximate surface area is 96.3 Å². The molecule has 86 valence electrons. The summed E-state index contributed by atoms with van der Waals surface area (Å²) in [5.74, 6) is -0.354. The third-order valence-electron chi connectivity index (χ3n) is 2.14. The van der Waals surface area contributed by atoms with Crippen molar-refractivity contribution in [2.24, 2.45) is 0 Å². The summed E-state index contributed by atoms with van der Waals surface area (Å²) in [6.07, 6.45) is 4.37. The van der Waals surface area contributed by atoms with Crippen LogP contribution in [0.4, 0.5) is 0 Å². The number of ether oxygens (including phenoxy) is 1. The van der Waals surface area contributed by atoms with E-state index in [1.165, 1.54) is 13.3 Å². The average Bonchev–Trinajstić information content (AvgIpc) is 2.39. The van der Waals surface area contributed by atoms with Crippen LogP contribution in [0.25, 0.3) is 11.4 Å². The van der Waals surface area contributed by atoms with Crippen molar-refractivity contribution in [3.05, 3.63) is 46.6 Å². The van der Waals surface area contributed by atoms with Crippen LogP contribution in [0.3, 0.4) is 0 Å². The summed E-state index contributed by atoms with van der Waals surface area (Å²) in [4.78, 5) is 33.2. The molecule has 2 rings (SSSR count). The van der Waals surface area contributed by atoms with Gasteiger partial charge in [0, 0.05) is 24.2 Å². The lowest BCUT2D eigenvalue weighted by molar-refractivity contribution is 0.0598. The number of carbonyl (C=O) groups excluding carboxylic acids is 1. The van der Waals surface area contributed by atoms with Gasteiger partial charge in [-0.2, -0.15) is 0 Å². The first kappa shape index (κ1) is 11.0. The molecular formula is C11H9N3O3. The average molecular weight is 231 g/mol. The number of carbonyl (C=O) groups is 1. The maximum atomic E-state index is 11.6. The molecule has 2 aromatic rings. The van der Waals surface area contributed by atoms with Crippen LogP contribution in [0.5, 0.6) is 0 Å². The molecule has 0 aromatic carbocycles. The van der Waals surface area contributed by atoms with Crippen molar-refractivity contribution in [1.82, 2.24) is 15.0 Å². The molecule has 0 unspecified atom stereocenters. The van der Waals surface area contributed by atoms with Crippen LogP contribution in [0.2, 0.25) is 0 Å². The predicted molar refractivity (Wildman–Crippen MR) is 59.4 cm³/mol. The van der Waals surface area contributed by atoms with E-state index in [-0.39, 0.29) is 5.56 Å². The molecule has 0 saturated carbocycles. The second-order valence-corrected chi connectivity index (χ2v) is 3.21. The number of rotatable bonds is 2. The summed E-state index contributed by atoms with van der Waals surface area (Å²) >= 11 is 0. The predicted octanol–water partition coefficient (Wildman–Crippen LogP) is 0.618. The number of nitrogens with one attached hydrogen (secondary N) is 1. The number of aromatic amines is 1. The summed E-state index contributed by atoms with van der Waals surface area (Å²) < 4.78 is 4.45. The highest BCUT2D eigenvalue weighted by molar-refractivity contribution is 5.88. The Kier molecular flexibility index (Phi) is 2.95. The second-order valence-electron chi connectivity index (χ2n) is 3.21. The van der Waals surface area contributed by atoms with Gasteiger partial charge < -0.3 is 9.72 Å². The third-order valence-corrected chi connectivity index (χ3v) is 2.14. The molecule has 1 N–H and O–H groups in total. The number of hydrogen-bond acceptors (Lipinski definition) is 5. The van der Waals surface area contributed by atoms with Crippen LogP contribution in [0.15, 0.2) is 35.5 Å². The molecule has 0 amide bonds. The van der Waals surface area contributed by atoms with Gasteiger partial charge in [0.1, 0.15) is 11.4 Å². The minimum absolute atomic E-state index is 0.125. The summed E-state index contributed by atoms with van der Waals surface area (Å²) in [5, 5.41) is 0. The zero-order chi connectivity index (χ0) is 12.3. The van der Waals surface area contributed by atoms with E-state index < -0.39 is 11.5 Å². The van der Waals surface area contributed by atoms with Crippen LogP contribution in [0.1, 0.15) is 10.4 Å². The van der Waals surface area contributed by atoms with Gasteiger partial charge in [0.25, 0.3) is 5.56 Å². The van der Waals surface area contributed by atoms with Crippen LogP contribution < -0.4 is 5.56 Å². The minimum Gasteiger partial charge on any atom is -0.465 e. The van der Waals surface area contributed by atoms with Crippen molar-refractivity contribution in [2.45, 2.75) is 0 Å². The number of H-pyrrole nitrogens is 1. The van der Waals surface area contributed by atoms with Gasteiger partial charge in [0.2, 0.25) is 0 Å². The Morgan fingerprint density at radius 2 is 2.24 bits per heavy atom. The number of nitrogens with zero attached hydrogens (tertiary/aromatic N) is 2. The lowest BCUT2D eigenvalue weighted by Gasteiger charge is -2.01.